The van der Waals surface area contributed by atoms with Crippen LogP contribution in [0.2, 0.25) is 0 Å². The lowest BCUT2D eigenvalue weighted by atomic mass is 9.57. The number of hydrogen-bond acceptors (Lipinski definition) is 5. The number of aromatic nitrogens is 2. The maximum absolute atomic E-state index is 13.1. The van der Waals surface area contributed by atoms with Gasteiger partial charge in [-0.05, 0) is 6.42 Å². The van der Waals surface area contributed by atoms with Crippen LogP contribution in [0.25, 0.3) is 0 Å². The highest BCUT2D eigenvalue weighted by atomic mass is 19.4. The van der Waals surface area contributed by atoms with Crippen LogP contribution >= 0.6 is 0 Å². The Morgan fingerprint density at radius 2 is 2.00 bits per heavy atom. The third-order valence-corrected chi connectivity index (χ3v) is 4.85. The third kappa shape index (κ3) is 2.73. The summed E-state index contributed by atoms with van der Waals surface area (Å²) >= 11 is 0. The van der Waals surface area contributed by atoms with Gasteiger partial charge in [-0.1, -0.05) is 13.8 Å². The first kappa shape index (κ1) is 16.3. The summed E-state index contributed by atoms with van der Waals surface area (Å²) in [5.41, 5.74) is -1.09. The van der Waals surface area contributed by atoms with Gasteiger partial charge in [-0.3, -0.25) is 0 Å². The second kappa shape index (κ2) is 5.22. The summed E-state index contributed by atoms with van der Waals surface area (Å²) in [6.07, 6.45) is -3.44. The molecule has 128 valence electrons. The van der Waals surface area contributed by atoms with Crippen LogP contribution in [0.5, 0.6) is 0 Å². The van der Waals surface area contributed by atoms with Gasteiger partial charge in [0.05, 0.1) is 6.10 Å². The SMILES string of the molecule is CN(C)c1cc(C(F)(F)F)nc(N[C@@H]2[C@H]3CCO[C@H]3C2(C)C)n1. The standard InChI is InChI=1S/C15H21F3N4O/c1-14(2)11(8-5-6-23-12(8)14)21-13-19-9(15(16,17)18)7-10(20-13)22(3)4/h7-8,11-12H,5-6H2,1-4H3,(H,19,20,21)/t8-,11-,12-/m1/s1. The molecule has 1 aliphatic carbocycles. The molecule has 0 aromatic carbocycles. The number of nitrogens with one attached hydrogen (secondary N) is 1. The summed E-state index contributed by atoms with van der Waals surface area (Å²) in [6, 6.07) is 0.965. The van der Waals surface area contributed by atoms with E-state index in [0.717, 1.165) is 12.5 Å². The van der Waals surface area contributed by atoms with E-state index in [4.69, 9.17) is 4.74 Å². The second-order valence-electron chi connectivity index (χ2n) is 7.01. The molecule has 5 nitrogen and oxygen atoms in total. The molecule has 3 atom stereocenters. The molecule has 0 spiro atoms. The van der Waals surface area contributed by atoms with E-state index in [9.17, 15) is 13.2 Å². The van der Waals surface area contributed by atoms with Crippen LogP contribution in [-0.2, 0) is 10.9 Å². The van der Waals surface area contributed by atoms with Gasteiger partial charge in [-0.15, -0.1) is 0 Å². The first-order chi connectivity index (χ1) is 10.6. The Balaban J connectivity index is 1.89. The van der Waals surface area contributed by atoms with E-state index >= 15 is 0 Å². The maximum Gasteiger partial charge on any atom is 0.433 e. The summed E-state index contributed by atoms with van der Waals surface area (Å²) in [5.74, 6) is 0.545. The predicted octanol–water partition coefficient (Wildman–Crippen LogP) is 2.79. The molecule has 0 bridgehead atoms. The third-order valence-electron chi connectivity index (χ3n) is 4.85. The molecule has 3 rings (SSSR count). The van der Waals surface area contributed by atoms with E-state index < -0.39 is 11.9 Å². The minimum Gasteiger partial charge on any atom is -0.377 e. The Kier molecular flexibility index (Phi) is 3.70. The number of rotatable bonds is 3. The van der Waals surface area contributed by atoms with Crippen LogP contribution in [0.4, 0.5) is 24.9 Å². The molecule has 1 saturated heterocycles. The lowest BCUT2D eigenvalue weighted by Gasteiger charge is -2.54. The molecule has 1 aromatic heterocycles. The Hall–Kier alpha value is -1.57. The number of nitrogens with zero attached hydrogens (tertiary/aromatic N) is 3. The Bertz CT molecular complexity index is 603. The van der Waals surface area contributed by atoms with E-state index in [0.29, 0.717) is 12.5 Å². The van der Waals surface area contributed by atoms with Crippen LogP contribution in [0, 0.1) is 11.3 Å². The summed E-state index contributed by atoms with van der Waals surface area (Å²) < 4.78 is 44.9. The number of alkyl halides is 3. The zero-order valence-corrected chi connectivity index (χ0v) is 13.6. The number of hydrogen-bond donors (Lipinski definition) is 1. The average molecular weight is 330 g/mol. The zero-order valence-electron chi connectivity index (χ0n) is 13.6. The fourth-order valence-corrected chi connectivity index (χ4v) is 3.63. The van der Waals surface area contributed by atoms with Crippen LogP contribution in [-0.4, -0.2) is 42.8 Å². The van der Waals surface area contributed by atoms with Crippen molar-refractivity contribution in [1.82, 2.24) is 9.97 Å². The lowest BCUT2D eigenvalue weighted by molar-refractivity contribution is -0.141. The van der Waals surface area contributed by atoms with Gasteiger partial charge in [-0.2, -0.15) is 18.2 Å². The molecule has 0 unspecified atom stereocenters. The molecule has 23 heavy (non-hydrogen) atoms. The largest absolute Gasteiger partial charge is 0.433 e. The van der Waals surface area contributed by atoms with Gasteiger partial charge >= 0.3 is 6.18 Å². The van der Waals surface area contributed by atoms with Crippen molar-refractivity contribution < 1.29 is 17.9 Å². The van der Waals surface area contributed by atoms with Crippen molar-refractivity contribution in [2.24, 2.45) is 11.3 Å². The molecular weight excluding hydrogens is 309 g/mol. The molecule has 8 heteroatoms. The maximum atomic E-state index is 13.1. The molecule has 1 aliphatic heterocycles. The molecule has 1 aromatic rings. The number of fused-ring (bicyclic) bond motifs is 1. The number of ether oxygens (including phenoxy) is 1. The van der Waals surface area contributed by atoms with Gasteiger partial charge < -0.3 is 15.0 Å². The van der Waals surface area contributed by atoms with Gasteiger partial charge in [-0.25, -0.2) is 4.98 Å². The van der Waals surface area contributed by atoms with Crippen LogP contribution < -0.4 is 10.2 Å². The van der Waals surface area contributed by atoms with Crippen LogP contribution in [0.15, 0.2) is 6.07 Å². The van der Waals surface area contributed by atoms with Crippen molar-refractivity contribution in [3.63, 3.8) is 0 Å². The summed E-state index contributed by atoms with van der Waals surface area (Å²) in [5, 5.41) is 3.12. The topological polar surface area (TPSA) is 50.3 Å². The van der Waals surface area contributed by atoms with Gasteiger partial charge in [0.2, 0.25) is 5.95 Å². The summed E-state index contributed by atoms with van der Waals surface area (Å²) in [6.45, 7) is 4.80. The second-order valence-corrected chi connectivity index (χ2v) is 7.01. The molecule has 1 saturated carbocycles. The van der Waals surface area contributed by atoms with E-state index in [1.165, 1.54) is 4.90 Å². The highest BCUT2D eigenvalue weighted by Gasteiger charge is 2.59. The van der Waals surface area contributed by atoms with E-state index in [1.54, 1.807) is 14.1 Å². The number of anilines is 2. The molecule has 2 heterocycles. The van der Waals surface area contributed by atoms with Gasteiger partial charge in [0.1, 0.15) is 5.82 Å². The Morgan fingerprint density at radius 3 is 2.61 bits per heavy atom. The minimum absolute atomic E-state index is 0.00787. The minimum atomic E-state index is -4.50. The molecule has 0 radical (unpaired) electrons. The molecule has 2 aliphatic rings. The Morgan fingerprint density at radius 1 is 1.30 bits per heavy atom. The van der Waals surface area contributed by atoms with Crippen molar-refractivity contribution >= 4 is 11.8 Å². The molecule has 1 N–H and O–H groups in total. The normalized spacial score (nSPS) is 28.9. The average Bonchev–Trinajstić information content (AvgIpc) is 2.90. The highest BCUT2D eigenvalue weighted by Crippen LogP contribution is 2.53. The van der Waals surface area contributed by atoms with Gasteiger partial charge in [0.15, 0.2) is 5.69 Å². The Labute approximate surface area is 133 Å². The predicted molar refractivity (Wildman–Crippen MR) is 80.4 cm³/mol. The van der Waals surface area contributed by atoms with E-state index in [2.05, 4.69) is 29.1 Å². The molecule has 0 amide bonds. The quantitative estimate of drug-likeness (QED) is 0.923. The first-order valence-electron chi connectivity index (χ1n) is 7.62. The first-order valence-corrected chi connectivity index (χ1v) is 7.62. The van der Waals surface area contributed by atoms with Crippen molar-refractivity contribution in [2.75, 3.05) is 30.9 Å². The molecule has 2 fully saturated rings. The van der Waals surface area contributed by atoms with Crippen molar-refractivity contribution in [3.05, 3.63) is 11.8 Å². The fraction of sp³-hybridized carbons (Fsp3) is 0.733. The highest BCUT2D eigenvalue weighted by molar-refractivity contribution is 5.45. The van der Waals surface area contributed by atoms with Crippen molar-refractivity contribution in [2.45, 2.75) is 38.6 Å². The van der Waals surface area contributed by atoms with Gasteiger partial charge in [0.25, 0.3) is 0 Å². The summed E-state index contributed by atoms with van der Waals surface area (Å²) in [4.78, 5) is 9.42. The van der Waals surface area contributed by atoms with E-state index in [-0.39, 0.29) is 29.3 Å². The lowest BCUT2D eigenvalue weighted by Crippen LogP contribution is -2.63. The fourth-order valence-electron chi connectivity index (χ4n) is 3.63. The van der Waals surface area contributed by atoms with E-state index in [1.807, 2.05) is 0 Å². The van der Waals surface area contributed by atoms with Crippen LogP contribution in [0.1, 0.15) is 26.0 Å². The smallest absolute Gasteiger partial charge is 0.377 e. The van der Waals surface area contributed by atoms with Crippen molar-refractivity contribution in [1.29, 1.82) is 0 Å². The van der Waals surface area contributed by atoms with Gasteiger partial charge in [0, 0.05) is 44.1 Å². The number of halogens is 3. The van der Waals surface area contributed by atoms with Crippen LogP contribution in [0.3, 0.4) is 0 Å². The monoisotopic (exact) mass is 330 g/mol. The van der Waals surface area contributed by atoms with Crippen molar-refractivity contribution in [3.8, 4) is 0 Å². The summed E-state index contributed by atoms with van der Waals surface area (Å²) in [7, 11) is 3.31. The molecular formula is C15H21F3N4O. The zero-order chi connectivity index (χ0) is 17.0.